The number of carbonyl (C=O) groups is 1. The Hall–Kier alpha value is -1.74. The molecule has 1 fully saturated rings. The van der Waals surface area contributed by atoms with Crippen LogP contribution in [0.4, 0.5) is 0 Å². The zero-order valence-corrected chi connectivity index (χ0v) is 18.9. The molecule has 3 rings (SSSR count). The smallest absolute Gasteiger partial charge is 0.254 e. The van der Waals surface area contributed by atoms with Crippen LogP contribution in [-0.4, -0.2) is 56.3 Å². The fraction of sp³-hybridized carbons (Fsp3) is 0.381. The van der Waals surface area contributed by atoms with Gasteiger partial charge in [-0.25, -0.2) is 8.42 Å². The average molecular weight is 481 g/mol. The highest BCUT2D eigenvalue weighted by Crippen LogP contribution is 2.25. The molecule has 2 aromatic rings. The molecule has 1 atom stereocenters. The summed E-state index contributed by atoms with van der Waals surface area (Å²) in [4.78, 5) is 14.9. The Bertz CT molecular complexity index is 942. The predicted octanol–water partition coefficient (Wildman–Crippen LogP) is 3.69. The van der Waals surface area contributed by atoms with Gasteiger partial charge in [0.1, 0.15) is 6.10 Å². The van der Waals surface area contributed by atoms with Gasteiger partial charge in [0.2, 0.25) is 10.0 Å². The van der Waals surface area contributed by atoms with Crippen molar-refractivity contribution in [1.82, 2.24) is 9.21 Å². The van der Waals surface area contributed by atoms with Crippen molar-refractivity contribution in [3.63, 3.8) is 0 Å². The molecule has 0 radical (unpaired) electrons. The third kappa shape index (κ3) is 4.88. The first-order valence-electron chi connectivity index (χ1n) is 9.63. The van der Waals surface area contributed by atoms with Gasteiger partial charge < -0.3 is 9.64 Å². The highest BCUT2D eigenvalue weighted by molar-refractivity contribution is 9.10. The number of morpholine rings is 1. The van der Waals surface area contributed by atoms with Crippen LogP contribution in [0.15, 0.2) is 57.9 Å². The lowest BCUT2D eigenvalue weighted by atomic mass is 10.1. The van der Waals surface area contributed by atoms with Gasteiger partial charge in [-0.2, -0.15) is 4.31 Å². The van der Waals surface area contributed by atoms with Crippen molar-refractivity contribution in [1.29, 1.82) is 0 Å². The second kappa shape index (κ2) is 9.38. The molecule has 1 heterocycles. The first-order valence-corrected chi connectivity index (χ1v) is 11.9. The Morgan fingerprint density at radius 3 is 2.31 bits per heavy atom. The van der Waals surface area contributed by atoms with Crippen LogP contribution in [0.1, 0.15) is 35.9 Å². The number of carbonyl (C=O) groups excluding carboxylic acids is 1. The first-order chi connectivity index (χ1) is 13.9. The average Bonchev–Trinajstić information content (AvgIpc) is 2.74. The second-order valence-corrected chi connectivity index (χ2v) is 9.63. The van der Waals surface area contributed by atoms with E-state index in [4.69, 9.17) is 4.74 Å². The third-order valence-electron chi connectivity index (χ3n) is 5.04. The molecule has 1 saturated heterocycles. The second-order valence-electron chi connectivity index (χ2n) is 6.78. The van der Waals surface area contributed by atoms with Crippen molar-refractivity contribution in [2.45, 2.75) is 24.8 Å². The van der Waals surface area contributed by atoms with Crippen molar-refractivity contribution in [3.8, 4) is 0 Å². The van der Waals surface area contributed by atoms with E-state index in [0.29, 0.717) is 38.3 Å². The van der Waals surface area contributed by atoms with Crippen LogP contribution in [0.3, 0.4) is 0 Å². The van der Waals surface area contributed by atoms with Crippen LogP contribution in [0.25, 0.3) is 0 Å². The maximum absolute atomic E-state index is 12.9. The fourth-order valence-corrected chi connectivity index (χ4v) is 5.10. The van der Waals surface area contributed by atoms with Crippen molar-refractivity contribution in [2.75, 3.05) is 32.8 Å². The summed E-state index contributed by atoms with van der Waals surface area (Å²) in [6.07, 6.45) is -0.178. The fourth-order valence-electron chi connectivity index (χ4n) is 3.38. The molecule has 6 nitrogen and oxygen atoms in total. The third-order valence-corrected chi connectivity index (χ3v) is 7.63. The molecule has 0 saturated carbocycles. The maximum Gasteiger partial charge on any atom is 0.254 e. The van der Waals surface area contributed by atoms with E-state index in [1.165, 1.54) is 16.4 Å². The van der Waals surface area contributed by atoms with E-state index in [1.807, 2.05) is 24.3 Å². The Morgan fingerprint density at radius 2 is 1.72 bits per heavy atom. The lowest BCUT2D eigenvalue weighted by Crippen LogP contribution is -2.42. The lowest BCUT2D eigenvalue weighted by molar-refractivity contribution is -0.0228. The first kappa shape index (κ1) is 22.0. The van der Waals surface area contributed by atoms with Crippen LogP contribution in [-0.2, 0) is 14.8 Å². The molecule has 1 aliphatic rings. The normalized spacial score (nSPS) is 17.5. The van der Waals surface area contributed by atoms with E-state index in [2.05, 4.69) is 15.9 Å². The van der Waals surface area contributed by atoms with Gasteiger partial charge in [0.05, 0.1) is 18.0 Å². The Labute approximate surface area is 180 Å². The topological polar surface area (TPSA) is 66.9 Å². The van der Waals surface area contributed by atoms with Crippen molar-refractivity contribution in [2.24, 2.45) is 0 Å². The van der Waals surface area contributed by atoms with Gasteiger partial charge in [-0.3, -0.25) is 4.79 Å². The minimum absolute atomic E-state index is 0.123. The highest BCUT2D eigenvalue weighted by Gasteiger charge is 2.27. The van der Waals surface area contributed by atoms with E-state index in [-0.39, 0.29) is 16.9 Å². The number of halogens is 1. The molecule has 29 heavy (non-hydrogen) atoms. The molecule has 1 aliphatic heterocycles. The molecular weight excluding hydrogens is 456 g/mol. The maximum atomic E-state index is 12.9. The molecule has 0 bridgehead atoms. The summed E-state index contributed by atoms with van der Waals surface area (Å²) in [5, 5.41) is 0. The number of nitrogens with zero attached hydrogens (tertiary/aromatic N) is 2. The van der Waals surface area contributed by atoms with Crippen LogP contribution < -0.4 is 0 Å². The highest BCUT2D eigenvalue weighted by atomic mass is 79.9. The zero-order valence-electron chi connectivity index (χ0n) is 16.5. The number of sulfonamides is 1. The molecule has 156 valence electrons. The molecule has 2 aromatic carbocycles. The van der Waals surface area contributed by atoms with Gasteiger partial charge in [-0.1, -0.05) is 41.9 Å². The number of hydrogen-bond acceptors (Lipinski definition) is 4. The van der Waals surface area contributed by atoms with E-state index in [1.54, 1.807) is 30.9 Å². The Kier molecular flexibility index (Phi) is 7.10. The van der Waals surface area contributed by atoms with Gasteiger partial charge in [-0.15, -0.1) is 0 Å². The Morgan fingerprint density at radius 1 is 1.10 bits per heavy atom. The largest absolute Gasteiger partial charge is 0.370 e. The molecule has 0 spiro atoms. The zero-order chi connectivity index (χ0) is 21.0. The summed E-state index contributed by atoms with van der Waals surface area (Å²) in [6, 6.07) is 14.1. The molecule has 1 unspecified atom stereocenters. The van der Waals surface area contributed by atoms with Gasteiger partial charge >= 0.3 is 0 Å². The van der Waals surface area contributed by atoms with Crippen molar-refractivity contribution >= 4 is 31.9 Å². The quantitative estimate of drug-likeness (QED) is 0.631. The summed E-state index contributed by atoms with van der Waals surface area (Å²) in [6.45, 7) is 5.85. The summed E-state index contributed by atoms with van der Waals surface area (Å²) >= 11 is 3.42. The summed E-state index contributed by atoms with van der Waals surface area (Å²) in [5.41, 5.74) is 1.49. The number of hydrogen-bond donors (Lipinski definition) is 0. The van der Waals surface area contributed by atoms with Crippen molar-refractivity contribution in [3.05, 3.63) is 64.1 Å². The molecule has 0 aliphatic carbocycles. The number of ether oxygens (including phenoxy) is 1. The minimum Gasteiger partial charge on any atom is -0.370 e. The van der Waals surface area contributed by atoms with Crippen LogP contribution in [0.5, 0.6) is 0 Å². The SMILES string of the molecule is CCN(CC)S(=O)(=O)c1ccc(C(=O)N2CCOC(c3ccc(Br)cc3)C2)cc1. The van der Waals surface area contributed by atoms with Gasteiger partial charge in [0.25, 0.3) is 5.91 Å². The summed E-state index contributed by atoms with van der Waals surface area (Å²) < 4.78 is 33.5. The summed E-state index contributed by atoms with van der Waals surface area (Å²) in [5.74, 6) is -0.123. The molecule has 1 amide bonds. The van der Waals surface area contributed by atoms with Gasteiger partial charge in [0.15, 0.2) is 0 Å². The molecule has 0 aromatic heterocycles. The number of amides is 1. The van der Waals surface area contributed by atoms with E-state index < -0.39 is 10.0 Å². The lowest BCUT2D eigenvalue weighted by Gasteiger charge is -2.33. The predicted molar refractivity (Wildman–Crippen MR) is 115 cm³/mol. The van der Waals surface area contributed by atoms with Crippen LogP contribution in [0.2, 0.25) is 0 Å². The number of rotatable bonds is 6. The van der Waals surface area contributed by atoms with Gasteiger partial charge in [-0.05, 0) is 42.0 Å². The monoisotopic (exact) mass is 480 g/mol. The molecular formula is C21H25BrN2O4S. The summed E-state index contributed by atoms with van der Waals surface area (Å²) in [7, 11) is -3.53. The standard InChI is InChI=1S/C21H25BrN2O4S/c1-3-24(4-2)29(26,27)19-11-7-17(8-12-19)21(25)23-13-14-28-20(15-23)16-5-9-18(22)10-6-16/h5-12,20H,3-4,13-15H2,1-2H3. The number of benzene rings is 2. The van der Waals surface area contributed by atoms with E-state index >= 15 is 0 Å². The van der Waals surface area contributed by atoms with E-state index in [9.17, 15) is 13.2 Å². The molecule has 0 N–H and O–H groups in total. The molecule has 8 heteroatoms. The van der Waals surface area contributed by atoms with Crippen LogP contribution in [0, 0.1) is 0 Å². The van der Waals surface area contributed by atoms with E-state index in [0.717, 1.165) is 10.0 Å². The van der Waals surface area contributed by atoms with Crippen molar-refractivity contribution < 1.29 is 17.9 Å². The van der Waals surface area contributed by atoms with Crippen LogP contribution >= 0.6 is 15.9 Å². The minimum atomic E-state index is -3.53. The van der Waals surface area contributed by atoms with Gasteiger partial charge in [0, 0.05) is 29.7 Å². The Balaban J connectivity index is 1.74.